The highest BCUT2D eigenvalue weighted by Crippen LogP contribution is 2.36. The monoisotopic (exact) mass is 423 g/mol. The molecule has 2 aromatic rings. The van der Waals surface area contributed by atoms with Crippen LogP contribution in [0.5, 0.6) is 0 Å². The topological polar surface area (TPSA) is 54.0 Å². The van der Waals surface area contributed by atoms with Crippen LogP contribution in [0.2, 0.25) is 0 Å². The van der Waals surface area contributed by atoms with E-state index in [1.54, 1.807) is 0 Å². The Morgan fingerprint density at radius 2 is 1.90 bits per heavy atom. The second kappa shape index (κ2) is 10.2. The summed E-state index contributed by atoms with van der Waals surface area (Å²) in [6.07, 6.45) is 4.72. The molecule has 0 aromatic heterocycles. The van der Waals surface area contributed by atoms with E-state index >= 15 is 0 Å². The van der Waals surface area contributed by atoms with Gasteiger partial charge >= 0.3 is 5.97 Å². The first-order valence-corrected chi connectivity index (χ1v) is 11.5. The van der Waals surface area contributed by atoms with Crippen molar-refractivity contribution in [3.63, 3.8) is 0 Å². The lowest BCUT2D eigenvalue weighted by atomic mass is 9.93. The molecule has 31 heavy (non-hydrogen) atoms. The van der Waals surface area contributed by atoms with Gasteiger partial charge in [-0.1, -0.05) is 30.3 Å². The van der Waals surface area contributed by atoms with Crippen molar-refractivity contribution in [1.82, 2.24) is 5.12 Å². The van der Waals surface area contributed by atoms with Gasteiger partial charge in [-0.15, -0.1) is 5.12 Å². The van der Waals surface area contributed by atoms with E-state index in [9.17, 15) is 4.79 Å². The lowest BCUT2D eigenvalue weighted by molar-refractivity contribution is -0.156. The summed E-state index contributed by atoms with van der Waals surface area (Å²) in [5.41, 5.74) is 8.43. The van der Waals surface area contributed by atoms with Gasteiger partial charge in [0.2, 0.25) is 0 Å². The number of rotatable bonds is 8. The maximum atomic E-state index is 12.1. The van der Waals surface area contributed by atoms with E-state index in [1.807, 2.05) is 13.8 Å². The smallest absolute Gasteiger partial charge is 0.335 e. The number of hydrazine groups is 2. The van der Waals surface area contributed by atoms with Gasteiger partial charge in [-0.25, -0.2) is 4.79 Å². The number of aryl methyl sites for hydroxylation is 1. The average molecular weight is 424 g/mol. The molecule has 2 atom stereocenters. The van der Waals surface area contributed by atoms with Crippen LogP contribution in [0.1, 0.15) is 44.2 Å². The third kappa shape index (κ3) is 5.02. The van der Waals surface area contributed by atoms with Crippen molar-refractivity contribution >= 4 is 17.3 Å². The minimum Gasteiger partial charge on any atom is -0.464 e. The van der Waals surface area contributed by atoms with E-state index in [0.29, 0.717) is 25.7 Å². The molecule has 6 heteroatoms. The summed E-state index contributed by atoms with van der Waals surface area (Å²) in [5.74, 6) is -0.297. The Morgan fingerprint density at radius 3 is 2.68 bits per heavy atom. The van der Waals surface area contributed by atoms with E-state index in [-0.39, 0.29) is 5.97 Å². The zero-order valence-corrected chi connectivity index (χ0v) is 18.5. The zero-order chi connectivity index (χ0) is 21.6. The lowest BCUT2D eigenvalue weighted by Gasteiger charge is -2.48. The molecule has 2 unspecified atom stereocenters. The number of carbonyl (C=O) groups excluding carboxylic acids is 1. The van der Waals surface area contributed by atoms with Crippen molar-refractivity contribution < 1.29 is 14.3 Å². The molecule has 6 nitrogen and oxygen atoms in total. The van der Waals surface area contributed by atoms with E-state index in [0.717, 1.165) is 24.2 Å². The number of anilines is 2. The highest BCUT2D eigenvalue weighted by molar-refractivity contribution is 5.75. The Labute approximate surface area is 185 Å². The molecule has 2 aliphatic heterocycles. The van der Waals surface area contributed by atoms with E-state index < -0.39 is 6.10 Å². The van der Waals surface area contributed by atoms with E-state index in [1.165, 1.54) is 30.5 Å². The number of esters is 1. The van der Waals surface area contributed by atoms with Crippen LogP contribution in [0.15, 0.2) is 48.5 Å². The average Bonchev–Trinajstić information content (AvgIpc) is 2.80. The van der Waals surface area contributed by atoms with Crippen LogP contribution in [-0.4, -0.2) is 43.0 Å². The number of fused-ring (bicyclic) bond motifs is 3. The second-order valence-electron chi connectivity index (χ2n) is 8.14. The molecule has 0 saturated carbocycles. The fourth-order valence-electron chi connectivity index (χ4n) is 4.60. The number of carbonyl (C=O) groups is 1. The van der Waals surface area contributed by atoms with Crippen LogP contribution in [0.4, 0.5) is 11.4 Å². The van der Waals surface area contributed by atoms with Crippen LogP contribution in [0, 0.1) is 0 Å². The van der Waals surface area contributed by atoms with Gasteiger partial charge in [0.25, 0.3) is 0 Å². The van der Waals surface area contributed by atoms with Crippen molar-refractivity contribution in [3.05, 3.63) is 59.7 Å². The van der Waals surface area contributed by atoms with Crippen molar-refractivity contribution in [3.8, 4) is 0 Å². The molecule has 0 spiro atoms. The van der Waals surface area contributed by atoms with Gasteiger partial charge in [-0.3, -0.25) is 5.01 Å². The van der Waals surface area contributed by atoms with Gasteiger partial charge in [-0.2, -0.15) is 0 Å². The largest absolute Gasteiger partial charge is 0.464 e. The number of nitrogens with zero attached hydrogens (tertiary/aromatic N) is 2. The summed E-state index contributed by atoms with van der Waals surface area (Å²) in [4.78, 5) is 12.1. The highest BCUT2D eigenvalue weighted by Gasteiger charge is 2.33. The quantitative estimate of drug-likeness (QED) is 0.637. The van der Waals surface area contributed by atoms with Crippen LogP contribution >= 0.6 is 0 Å². The Balaban J connectivity index is 1.44. The van der Waals surface area contributed by atoms with Gasteiger partial charge < -0.3 is 14.9 Å². The third-order valence-corrected chi connectivity index (χ3v) is 6.05. The second-order valence-corrected chi connectivity index (χ2v) is 8.14. The fourth-order valence-corrected chi connectivity index (χ4v) is 4.60. The maximum Gasteiger partial charge on any atom is 0.335 e. The van der Waals surface area contributed by atoms with Crippen molar-refractivity contribution in [2.75, 3.05) is 30.2 Å². The first kappa shape index (κ1) is 21.7. The van der Waals surface area contributed by atoms with Crippen LogP contribution in [-0.2, 0) is 27.1 Å². The molecule has 0 radical (unpaired) electrons. The molecule has 1 fully saturated rings. The standard InChI is InChI=1S/C25H33N3O3/c1-3-30-24(25(29)31-4-2)18-19-11-14-21(15-12-19)26-27-17-7-9-22-16-13-20-8-5-6-10-23(20)28(22)27/h5-6,8,10-12,14-15,22,24,26H,3-4,7,9,13,16-18H2,1-2H3. The number of hydrogen-bond acceptors (Lipinski definition) is 6. The molecule has 2 aromatic carbocycles. The van der Waals surface area contributed by atoms with Crippen molar-refractivity contribution in [2.45, 2.75) is 58.1 Å². The molecule has 166 valence electrons. The fraction of sp³-hybridized carbons (Fsp3) is 0.480. The van der Waals surface area contributed by atoms with E-state index in [4.69, 9.17) is 9.47 Å². The van der Waals surface area contributed by atoms with Crippen LogP contribution in [0.25, 0.3) is 0 Å². The Hall–Kier alpha value is -2.57. The number of ether oxygens (including phenoxy) is 2. The number of nitrogens with one attached hydrogen (secondary N) is 1. The van der Waals surface area contributed by atoms with Gasteiger partial charge in [0.1, 0.15) is 0 Å². The molecule has 1 saturated heterocycles. The first-order valence-electron chi connectivity index (χ1n) is 11.5. The van der Waals surface area contributed by atoms with Crippen molar-refractivity contribution in [1.29, 1.82) is 0 Å². The molecule has 2 aliphatic rings. The molecular weight excluding hydrogens is 390 g/mol. The van der Waals surface area contributed by atoms with Gasteiger partial charge in [-0.05, 0) is 68.9 Å². The zero-order valence-electron chi connectivity index (χ0n) is 18.5. The minimum atomic E-state index is -0.559. The SMILES string of the molecule is CCOC(=O)C(Cc1ccc(NN2CCCC3CCc4ccccc4N32)cc1)OCC. The van der Waals surface area contributed by atoms with Gasteiger partial charge in [0, 0.05) is 25.6 Å². The first-order chi connectivity index (χ1) is 15.2. The Bertz CT molecular complexity index is 871. The summed E-state index contributed by atoms with van der Waals surface area (Å²) < 4.78 is 10.7. The van der Waals surface area contributed by atoms with Gasteiger partial charge in [0.15, 0.2) is 6.10 Å². The summed E-state index contributed by atoms with van der Waals surface area (Å²) in [6.45, 7) is 5.53. The summed E-state index contributed by atoms with van der Waals surface area (Å²) >= 11 is 0. The normalized spacial score (nSPS) is 19.3. The molecule has 1 N–H and O–H groups in total. The lowest BCUT2D eigenvalue weighted by Crippen LogP contribution is -2.57. The molecule has 2 heterocycles. The third-order valence-electron chi connectivity index (χ3n) is 6.05. The predicted molar refractivity (Wildman–Crippen MR) is 123 cm³/mol. The molecule has 0 amide bonds. The minimum absolute atomic E-state index is 0.297. The Kier molecular flexibility index (Phi) is 7.10. The molecule has 0 aliphatic carbocycles. The van der Waals surface area contributed by atoms with Gasteiger partial charge in [0.05, 0.1) is 18.0 Å². The molecule has 4 rings (SSSR count). The Morgan fingerprint density at radius 1 is 1.10 bits per heavy atom. The van der Waals surface area contributed by atoms with E-state index in [2.05, 4.69) is 64.1 Å². The van der Waals surface area contributed by atoms with Crippen molar-refractivity contribution in [2.24, 2.45) is 0 Å². The molecule has 0 bridgehead atoms. The van der Waals surface area contributed by atoms with Crippen LogP contribution < -0.4 is 10.4 Å². The summed E-state index contributed by atoms with van der Waals surface area (Å²) in [7, 11) is 0. The summed E-state index contributed by atoms with van der Waals surface area (Å²) in [6, 6.07) is 17.5. The predicted octanol–water partition coefficient (Wildman–Crippen LogP) is 4.36. The summed E-state index contributed by atoms with van der Waals surface area (Å²) in [5, 5.41) is 4.71. The number of para-hydroxylation sites is 1. The van der Waals surface area contributed by atoms with Crippen LogP contribution in [0.3, 0.4) is 0 Å². The highest BCUT2D eigenvalue weighted by atomic mass is 16.6. The number of hydrogen-bond donors (Lipinski definition) is 1. The maximum absolute atomic E-state index is 12.1. The molecular formula is C25H33N3O3. The number of benzene rings is 2.